The van der Waals surface area contributed by atoms with Crippen molar-refractivity contribution >= 4 is 21.9 Å². The van der Waals surface area contributed by atoms with E-state index in [1.54, 1.807) is 0 Å². The minimum atomic E-state index is 0.750. The van der Waals surface area contributed by atoms with Crippen LogP contribution < -0.4 is 10.6 Å². The molecule has 4 heteroatoms. The first-order valence-electron chi connectivity index (χ1n) is 13.0. The minimum absolute atomic E-state index is 0.750. The highest BCUT2D eigenvalue weighted by Crippen LogP contribution is 2.34. The lowest BCUT2D eigenvalue weighted by atomic mass is 10.1. The number of rotatable bonds is 7. The zero-order chi connectivity index (χ0) is 25.2. The van der Waals surface area contributed by atoms with Crippen LogP contribution in [0.1, 0.15) is 112 Å². The molecule has 3 nitrogen and oxygen atoms in total. The molecule has 0 radical (unpaired) electrons. The molecule has 2 N–H and O–H groups in total. The number of thiazole rings is 1. The summed E-state index contributed by atoms with van der Waals surface area (Å²) in [5.41, 5.74) is 7.25. The molecule has 1 saturated heterocycles. The van der Waals surface area contributed by atoms with Gasteiger partial charge in [-0.25, -0.2) is 4.98 Å². The zero-order valence-electron chi connectivity index (χ0n) is 23.0. The van der Waals surface area contributed by atoms with Crippen molar-refractivity contribution in [3.63, 3.8) is 0 Å². The van der Waals surface area contributed by atoms with E-state index >= 15 is 0 Å². The van der Waals surface area contributed by atoms with E-state index in [1.807, 2.05) is 65.0 Å². The van der Waals surface area contributed by atoms with Crippen molar-refractivity contribution in [2.24, 2.45) is 5.73 Å². The van der Waals surface area contributed by atoms with Gasteiger partial charge in [-0.2, -0.15) is 0 Å². The Morgan fingerprint density at radius 1 is 1.03 bits per heavy atom. The van der Waals surface area contributed by atoms with Gasteiger partial charge in [0.1, 0.15) is 10.0 Å². The first-order chi connectivity index (χ1) is 15.6. The van der Waals surface area contributed by atoms with Crippen LogP contribution in [0.4, 0.5) is 5.00 Å². The van der Waals surface area contributed by atoms with Gasteiger partial charge in [-0.05, 0) is 39.2 Å². The van der Waals surface area contributed by atoms with Crippen LogP contribution in [-0.4, -0.2) is 24.6 Å². The normalized spacial score (nSPS) is 12.8. The van der Waals surface area contributed by atoms with Gasteiger partial charge in [0.05, 0.1) is 5.69 Å². The third kappa shape index (κ3) is 16.3. The van der Waals surface area contributed by atoms with Crippen molar-refractivity contribution in [3.05, 3.63) is 41.6 Å². The molecule has 0 unspecified atom stereocenters. The van der Waals surface area contributed by atoms with Crippen molar-refractivity contribution in [1.29, 1.82) is 0 Å². The summed E-state index contributed by atoms with van der Waals surface area (Å²) in [5.74, 6) is 0. The van der Waals surface area contributed by atoms with Gasteiger partial charge < -0.3 is 10.6 Å². The molecule has 1 aliphatic rings. The predicted octanol–water partition coefficient (Wildman–Crippen LogP) is 9.06. The molecule has 0 aliphatic carbocycles. The van der Waals surface area contributed by atoms with Gasteiger partial charge in [-0.15, -0.1) is 0 Å². The van der Waals surface area contributed by atoms with Crippen LogP contribution in [0.25, 0.3) is 5.57 Å². The Bertz CT molecular complexity index is 565. The maximum absolute atomic E-state index is 4.85. The van der Waals surface area contributed by atoms with Crippen molar-refractivity contribution in [2.75, 3.05) is 24.5 Å². The van der Waals surface area contributed by atoms with Crippen LogP contribution in [0.15, 0.2) is 30.9 Å². The van der Waals surface area contributed by atoms with Crippen LogP contribution in [0.2, 0.25) is 0 Å². The van der Waals surface area contributed by atoms with Gasteiger partial charge in [-0.3, -0.25) is 0 Å². The first kappa shape index (κ1) is 35.2. The first-order valence-corrected chi connectivity index (χ1v) is 13.8. The number of anilines is 1. The highest BCUT2D eigenvalue weighted by molar-refractivity contribution is 7.17. The molecule has 1 aromatic rings. The molecule has 0 atom stereocenters. The molecule has 1 aromatic heterocycles. The van der Waals surface area contributed by atoms with Crippen molar-refractivity contribution in [1.82, 2.24) is 4.98 Å². The maximum Gasteiger partial charge on any atom is 0.125 e. The third-order valence-electron chi connectivity index (χ3n) is 4.25. The van der Waals surface area contributed by atoms with Crippen LogP contribution in [0.5, 0.6) is 0 Å². The molecule has 0 saturated carbocycles. The van der Waals surface area contributed by atoms with Crippen LogP contribution >= 0.6 is 11.3 Å². The van der Waals surface area contributed by atoms with Gasteiger partial charge >= 0.3 is 0 Å². The number of hydrogen-bond donors (Lipinski definition) is 1. The Labute approximate surface area is 205 Å². The molecule has 0 aromatic carbocycles. The number of aromatic nitrogens is 1. The Hall–Kier alpha value is -1.39. The van der Waals surface area contributed by atoms with Gasteiger partial charge in [0.2, 0.25) is 0 Å². The standard InChI is InChI=1S/C17H24N2S.C5H12.C2H7N.2C2H6/c1-4-10-14(11-5-2)16-18-15(6-3)17(20-16)19-12-8-7-9-13-19;1-3-5-4-2;1-2-3;2*1-2/h4-5,10-11H,1,6-9,12-13H2,2-3H3;3-5H2,1-2H3;2-3H2,1H3;2*1-2H3/b11-5-,14-10+;;;;. The second-order valence-corrected chi connectivity index (χ2v) is 7.77. The SMILES string of the molecule is C=C/C=C(\C=C/C)c1nc(CC)c(N2CCCCC2)s1.CC.CC.CCCCC.CCN. The fourth-order valence-corrected chi connectivity index (χ4v) is 4.11. The van der Waals surface area contributed by atoms with E-state index in [1.165, 1.54) is 62.3 Å². The summed E-state index contributed by atoms with van der Waals surface area (Å²) >= 11 is 1.83. The third-order valence-corrected chi connectivity index (χ3v) is 5.46. The minimum Gasteiger partial charge on any atom is -0.362 e. The second kappa shape index (κ2) is 27.6. The molecule has 0 amide bonds. The molecule has 0 spiro atoms. The number of aryl methyl sites for hydroxylation is 1. The van der Waals surface area contributed by atoms with E-state index in [9.17, 15) is 0 Å². The lowest BCUT2D eigenvalue weighted by Gasteiger charge is -2.27. The molecule has 188 valence electrons. The Morgan fingerprint density at radius 3 is 1.94 bits per heavy atom. The number of nitrogens with zero attached hydrogens (tertiary/aromatic N) is 2. The maximum atomic E-state index is 4.85. The second-order valence-electron chi connectivity index (χ2n) is 6.79. The number of piperidine rings is 1. The summed E-state index contributed by atoms with van der Waals surface area (Å²) in [4.78, 5) is 7.37. The highest BCUT2D eigenvalue weighted by atomic mass is 32.1. The van der Waals surface area contributed by atoms with Crippen LogP contribution in [0, 0.1) is 0 Å². The molecule has 1 fully saturated rings. The molecular formula is C28H55N3S. The van der Waals surface area contributed by atoms with E-state index in [0.717, 1.165) is 23.5 Å². The van der Waals surface area contributed by atoms with Gasteiger partial charge in [0.25, 0.3) is 0 Å². The Morgan fingerprint density at radius 2 is 1.56 bits per heavy atom. The van der Waals surface area contributed by atoms with E-state index in [2.05, 4.69) is 44.4 Å². The Kier molecular flexibility index (Phi) is 30.4. The molecule has 1 aliphatic heterocycles. The zero-order valence-corrected chi connectivity index (χ0v) is 23.8. The monoisotopic (exact) mass is 465 g/mol. The van der Waals surface area contributed by atoms with Crippen molar-refractivity contribution in [2.45, 2.75) is 107 Å². The summed E-state index contributed by atoms with van der Waals surface area (Å²) < 4.78 is 0. The summed E-state index contributed by atoms with van der Waals surface area (Å²) in [5, 5.41) is 2.49. The molecular weight excluding hydrogens is 410 g/mol. The molecule has 32 heavy (non-hydrogen) atoms. The van der Waals surface area contributed by atoms with E-state index in [4.69, 9.17) is 10.7 Å². The van der Waals surface area contributed by atoms with Crippen LogP contribution in [0.3, 0.4) is 0 Å². The summed E-state index contributed by atoms with van der Waals surface area (Å²) in [6.07, 6.45) is 17.1. The topological polar surface area (TPSA) is 42.2 Å². The predicted molar refractivity (Wildman–Crippen MR) is 153 cm³/mol. The van der Waals surface area contributed by atoms with E-state index in [0.29, 0.717) is 0 Å². The lowest BCUT2D eigenvalue weighted by Crippen LogP contribution is -2.29. The quantitative estimate of drug-likeness (QED) is 0.408. The van der Waals surface area contributed by atoms with Crippen molar-refractivity contribution < 1.29 is 0 Å². The number of allylic oxidation sites excluding steroid dienone is 5. The van der Waals surface area contributed by atoms with Gasteiger partial charge in [0, 0.05) is 18.7 Å². The number of hydrogen-bond acceptors (Lipinski definition) is 4. The smallest absolute Gasteiger partial charge is 0.125 e. The molecule has 2 heterocycles. The largest absolute Gasteiger partial charge is 0.362 e. The lowest BCUT2D eigenvalue weighted by molar-refractivity contribution is 0.579. The summed E-state index contributed by atoms with van der Waals surface area (Å²) in [6.45, 7) is 25.5. The molecule has 2 rings (SSSR count). The Balaban J connectivity index is -0.000000590. The average molecular weight is 466 g/mol. The van der Waals surface area contributed by atoms with Gasteiger partial charge in [0.15, 0.2) is 0 Å². The van der Waals surface area contributed by atoms with E-state index < -0.39 is 0 Å². The summed E-state index contributed by atoms with van der Waals surface area (Å²) in [6, 6.07) is 0. The van der Waals surface area contributed by atoms with E-state index in [-0.39, 0.29) is 0 Å². The van der Waals surface area contributed by atoms with Crippen LogP contribution in [-0.2, 0) is 6.42 Å². The molecule has 0 bridgehead atoms. The van der Waals surface area contributed by atoms with Gasteiger partial charge in [-0.1, -0.05) is 117 Å². The van der Waals surface area contributed by atoms with Crippen molar-refractivity contribution in [3.8, 4) is 0 Å². The highest BCUT2D eigenvalue weighted by Gasteiger charge is 2.19. The fraction of sp³-hybridized carbons (Fsp3) is 0.679. The number of nitrogens with two attached hydrogens (primary N) is 1. The summed E-state index contributed by atoms with van der Waals surface area (Å²) in [7, 11) is 0. The average Bonchev–Trinajstić information content (AvgIpc) is 3.28. The number of unbranched alkanes of at least 4 members (excludes halogenated alkanes) is 2. The fourth-order valence-electron chi connectivity index (χ4n) is 2.90.